The molecule has 0 unspecified atom stereocenters. The number of hydrogen-bond acceptors (Lipinski definition) is 6. The number of methoxy groups -OCH3 is 1. The van der Waals surface area contributed by atoms with E-state index >= 15 is 0 Å². The SMILES string of the molecule is COc1nc(C(F)F)ccc1[C@@H]1[C@@H](C(=O)Nc2ccnc(C(N)=O)c2)O[C@](C)(C(F)(F)F)[C@H]1C. The summed E-state index contributed by atoms with van der Waals surface area (Å²) in [5.74, 6) is -4.79. The Hall–Kier alpha value is -3.35. The Morgan fingerprint density at radius 1 is 1.26 bits per heavy atom. The molecule has 1 aliphatic heterocycles. The van der Waals surface area contributed by atoms with Crippen LogP contribution in [0.4, 0.5) is 27.6 Å². The van der Waals surface area contributed by atoms with Gasteiger partial charge in [0.05, 0.1) is 7.11 Å². The molecule has 1 saturated heterocycles. The van der Waals surface area contributed by atoms with Crippen LogP contribution in [0.3, 0.4) is 0 Å². The number of amides is 2. The molecule has 8 nitrogen and oxygen atoms in total. The molecule has 3 heterocycles. The summed E-state index contributed by atoms with van der Waals surface area (Å²) in [7, 11) is 1.13. The number of anilines is 1. The van der Waals surface area contributed by atoms with Crippen molar-refractivity contribution in [1.29, 1.82) is 0 Å². The van der Waals surface area contributed by atoms with Gasteiger partial charge in [-0.15, -0.1) is 0 Å². The van der Waals surface area contributed by atoms with Gasteiger partial charge in [-0.3, -0.25) is 14.6 Å². The van der Waals surface area contributed by atoms with Crippen molar-refractivity contribution >= 4 is 17.5 Å². The molecule has 2 aromatic heterocycles. The first-order valence-corrected chi connectivity index (χ1v) is 9.94. The van der Waals surface area contributed by atoms with Crippen molar-refractivity contribution in [3.63, 3.8) is 0 Å². The van der Waals surface area contributed by atoms with Gasteiger partial charge in [-0.2, -0.15) is 13.2 Å². The minimum Gasteiger partial charge on any atom is -0.481 e. The molecule has 0 spiro atoms. The number of rotatable bonds is 6. The third kappa shape index (κ3) is 4.52. The fourth-order valence-corrected chi connectivity index (χ4v) is 3.88. The van der Waals surface area contributed by atoms with E-state index in [-0.39, 0.29) is 22.8 Å². The van der Waals surface area contributed by atoms with Gasteiger partial charge in [0.15, 0.2) is 5.60 Å². The lowest BCUT2D eigenvalue weighted by molar-refractivity contribution is -0.272. The summed E-state index contributed by atoms with van der Waals surface area (Å²) in [6.45, 7) is 2.05. The average molecular weight is 488 g/mol. The molecular weight excluding hydrogens is 467 g/mol. The van der Waals surface area contributed by atoms with E-state index in [2.05, 4.69) is 15.3 Å². The van der Waals surface area contributed by atoms with E-state index in [9.17, 15) is 31.5 Å². The van der Waals surface area contributed by atoms with Crippen molar-refractivity contribution < 1.29 is 41.0 Å². The van der Waals surface area contributed by atoms with Crippen molar-refractivity contribution in [2.45, 2.75) is 44.1 Å². The quantitative estimate of drug-likeness (QED) is 0.601. The zero-order valence-corrected chi connectivity index (χ0v) is 18.2. The zero-order chi connectivity index (χ0) is 25.4. The van der Waals surface area contributed by atoms with Crippen molar-refractivity contribution in [2.75, 3.05) is 12.4 Å². The van der Waals surface area contributed by atoms with Crippen molar-refractivity contribution in [3.8, 4) is 5.88 Å². The van der Waals surface area contributed by atoms with Gasteiger partial charge < -0.3 is 20.5 Å². The summed E-state index contributed by atoms with van der Waals surface area (Å²) < 4.78 is 78.5. The Bertz CT molecular complexity index is 1100. The van der Waals surface area contributed by atoms with E-state index in [1.807, 2.05) is 0 Å². The number of carbonyl (C=O) groups is 2. The van der Waals surface area contributed by atoms with Crippen LogP contribution in [0.25, 0.3) is 0 Å². The van der Waals surface area contributed by atoms with Gasteiger partial charge in [-0.1, -0.05) is 13.0 Å². The van der Waals surface area contributed by atoms with Crippen molar-refractivity contribution in [2.24, 2.45) is 11.7 Å². The number of nitrogens with one attached hydrogen (secondary N) is 1. The predicted octanol–water partition coefficient (Wildman–Crippen LogP) is 3.60. The van der Waals surface area contributed by atoms with Crippen LogP contribution in [0.15, 0.2) is 30.5 Å². The number of pyridine rings is 2. The molecule has 3 N–H and O–H groups in total. The third-order valence-corrected chi connectivity index (χ3v) is 5.89. The van der Waals surface area contributed by atoms with Crippen LogP contribution in [-0.2, 0) is 9.53 Å². The number of carbonyl (C=O) groups excluding carboxylic acids is 2. The summed E-state index contributed by atoms with van der Waals surface area (Å²) >= 11 is 0. The van der Waals surface area contributed by atoms with Crippen LogP contribution in [0.2, 0.25) is 0 Å². The minimum absolute atomic E-state index is 0.0000725. The molecule has 4 atom stereocenters. The number of nitrogens with two attached hydrogens (primary N) is 1. The van der Waals surface area contributed by atoms with E-state index in [0.717, 1.165) is 32.2 Å². The largest absolute Gasteiger partial charge is 0.481 e. The minimum atomic E-state index is -4.86. The van der Waals surface area contributed by atoms with Gasteiger partial charge >= 0.3 is 6.18 Å². The maximum atomic E-state index is 14.0. The number of aromatic nitrogens is 2. The lowest BCUT2D eigenvalue weighted by atomic mass is 9.77. The van der Waals surface area contributed by atoms with E-state index in [1.165, 1.54) is 19.2 Å². The number of alkyl halides is 5. The van der Waals surface area contributed by atoms with Crippen LogP contribution in [0, 0.1) is 5.92 Å². The molecule has 13 heteroatoms. The zero-order valence-electron chi connectivity index (χ0n) is 18.2. The first-order chi connectivity index (χ1) is 15.8. The van der Waals surface area contributed by atoms with E-state index in [4.69, 9.17) is 15.2 Å². The van der Waals surface area contributed by atoms with Crippen LogP contribution >= 0.6 is 0 Å². The topological polar surface area (TPSA) is 116 Å². The normalized spacial score (nSPS) is 24.8. The van der Waals surface area contributed by atoms with Gasteiger partial charge in [0.25, 0.3) is 18.2 Å². The molecule has 2 amide bonds. The summed E-state index contributed by atoms with van der Waals surface area (Å²) in [6, 6.07) is 4.56. The maximum Gasteiger partial charge on any atom is 0.417 e. The highest BCUT2D eigenvalue weighted by molar-refractivity contribution is 5.97. The molecule has 3 rings (SSSR count). The monoisotopic (exact) mass is 488 g/mol. The van der Waals surface area contributed by atoms with Gasteiger partial charge in [0, 0.05) is 29.3 Å². The first kappa shape index (κ1) is 25.3. The van der Waals surface area contributed by atoms with Gasteiger partial charge in [-0.25, -0.2) is 13.8 Å². The summed E-state index contributed by atoms with van der Waals surface area (Å²) in [4.78, 5) is 31.8. The summed E-state index contributed by atoms with van der Waals surface area (Å²) in [6.07, 6.45) is -8.33. The molecule has 2 aromatic rings. The van der Waals surface area contributed by atoms with Crippen LogP contribution in [-0.4, -0.2) is 46.8 Å². The highest BCUT2D eigenvalue weighted by atomic mass is 19.4. The lowest BCUT2D eigenvalue weighted by Gasteiger charge is -2.31. The van der Waals surface area contributed by atoms with E-state index in [0.29, 0.717) is 0 Å². The molecule has 184 valence electrons. The number of primary amides is 1. The van der Waals surface area contributed by atoms with Crippen molar-refractivity contribution in [1.82, 2.24) is 9.97 Å². The number of halogens is 5. The van der Waals surface area contributed by atoms with Crippen LogP contribution in [0.1, 0.15) is 47.9 Å². The van der Waals surface area contributed by atoms with Crippen LogP contribution in [0.5, 0.6) is 5.88 Å². The fourth-order valence-electron chi connectivity index (χ4n) is 3.88. The van der Waals surface area contributed by atoms with E-state index < -0.39 is 53.7 Å². The number of nitrogens with zero attached hydrogens (tertiary/aromatic N) is 2. The molecule has 1 fully saturated rings. The molecule has 0 aliphatic carbocycles. The molecule has 34 heavy (non-hydrogen) atoms. The Labute approximate surface area is 190 Å². The first-order valence-electron chi connectivity index (χ1n) is 9.94. The molecule has 0 saturated carbocycles. The smallest absolute Gasteiger partial charge is 0.417 e. The van der Waals surface area contributed by atoms with Gasteiger partial charge in [-0.05, 0) is 25.1 Å². The average Bonchev–Trinajstić information content (AvgIpc) is 3.05. The predicted molar refractivity (Wildman–Crippen MR) is 108 cm³/mol. The standard InChI is InChI=1S/C21H21F5N4O4/c1-9-14(11-4-5-12(16(22)23)30-19(11)33-3)15(34-20(9,2)21(24,25)26)18(32)29-10-6-7-28-13(8-10)17(27)31/h4-9,14-16H,1-3H3,(H2,27,31)(H,28,29,32)/t9-,14+,15-,20-/m0/s1. The Morgan fingerprint density at radius 2 is 1.94 bits per heavy atom. The second-order valence-electron chi connectivity index (χ2n) is 7.88. The fraction of sp³-hybridized carbons (Fsp3) is 0.429. The Kier molecular flexibility index (Phi) is 6.78. The molecular formula is C21H21F5N4O4. The second-order valence-corrected chi connectivity index (χ2v) is 7.88. The molecule has 0 radical (unpaired) electrons. The molecule has 0 aromatic carbocycles. The highest BCUT2D eigenvalue weighted by Crippen LogP contribution is 2.54. The van der Waals surface area contributed by atoms with Crippen molar-refractivity contribution in [3.05, 3.63) is 47.4 Å². The third-order valence-electron chi connectivity index (χ3n) is 5.89. The summed E-state index contributed by atoms with van der Waals surface area (Å²) in [5, 5.41) is 2.40. The molecule has 1 aliphatic rings. The highest BCUT2D eigenvalue weighted by Gasteiger charge is 2.65. The lowest BCUT2D eigenvalue weighted by Crippen LogP contribution is -2.47. The maximum absolute atomic E-state index is 14.0. The van der Waals surface area contributed by atoms with E-state index in [1.54, 1.807) is 0 Å². The number of ether oxygens (including phenoxy) is 2. The Morgan fingerprint density at radius 3 is 2.50 bits per heavy atom. The van der Waals surface area contributed by atoms with Gasteiger partial charge in [0.2, 0.25) is 5.88 Å². The summed E-state index contributed by atoms with van der Waals surface area (Å²) in [5.41, 5.74) is 1.65. The Balaban J connectivity index is 2.05. The molecule has 0 bridgehead atoms. The van der Waals surface area contributed by atoms with Gasteiger partial charge in [0.1, 0.15) is 17.5 Å². The second kappa shape index (κ2) is 9.12. The number of hydrogen-bond donors (Lipinski definition) is 2. The van der Waals surface area contributed by atoms with Crippen LogP contribution < -0.4 is 15.8 Å².